The van der Waals surface area contributed by atoms with Gasteiger partial charge >= 0.3 is 5.69 Å². The SMILES string of the molecule is O=c1[nH]c2ccccc2n1C1CCN(Cc2ccc(C3=C(c4ccccc4)N=CC(O)N3)cc2)CC1. The molecule has 0 aliphatic carbocycles. The van der Waals surface area contributed by atoms with Crippen LogP contribution in [0.4, 0.5) is 0 Å². The lowest BCUT2D eigenvalue weighted by Crippen LogP contribution is -2.36. The topological polar surface area (TPSA) is 85.7 Å². The zero-order valence-corrected chi connectivity index (χ0v) is 20.0. The average molecular weight is 480 g/mol. The van der Waals surface area contributed by atoms with Crippen molar-refractivity contribution in [3.05, 3.63) is 106 Å². The van der Waals surface area contributed by atoms with Gasteiger partial charge < -0.3 is 15.4 Å². The highest BCUT2D eigenvalue weighted by Gasteiger charge is 2.24. The summed E-state index contributed by atoms with van der Waals surface area (Å²) in [4.78, 5) is 22.5. The summed E-state index contributed by atoms with van der Waals surface area (Å²) >= 11 is 0. The lowest BCUT2D eigenvalue weighted by atomic mass is 10.0. The zero-order chi connectivity index (χ0) is 24.5. The molecule has 6 rings (SSSR count). The summed E-state index contributed by atoms with van der Waals surface area (Å²) in [5.74, 6) is 0. The Bertz CT molecular complexity index is 1480. The van der Waals surface area contributed by atoms with Gasteiger partial charge in [0.05, 0.1) is 28.6 Å². The quantitative estimate of drug-likeness (QED) is 0.404. The summed E-state index contributed by atoms with van der Waals surface area (Å²) < 4.78 is 1.94. The van der Waals surface area contributed by atoms with Crippen LogP contribution in [0.3, 0.4) is 0 Å². The lowest BCUT2D eigenvalue weighted by molar-refractivity contribution is 0.180. The summed E-state index contributed by atoms with van der Waals surface area (Å²) in [6, 6.07) is 26.6. The summed E-state index contributed by atoms with van der Waals surface area (Å²) in [6.45, 7) is 2.77. The molecule has 0 bridgehead atoms. The molecule has 0 amide bonds. The van der Waals surface area contributed by atoms with Crippen molar-refractivity contribution in [2.24, 2.45) is 4.99 Å². The minimum atomic E-state index is -0.807. The number of imidazole rings is 1. The van der Waals surface area contributed by atoms with Crippen molar-refractivity contribution in [3.8, 4) is 0 Å². The molecule has 1 unspecified atom stereocenters. The molecule has 1 atom stereocenters. The molecule has 4 aromatic rings. The number of aromatic amines is 1. The van der Waals surface area contributed by atoms with Crippen molar-refractivity contribution in [2.75, 3.05) is 13.1 Å². The van der Waals surface area contributed by atoms with Crippen molar-refractivity contribution in [2.45, 2.75) is 31.7 Å². The van der Waals surface area contributed by atoms with Gasteiger partial charge in [0.2, 0.25) is 0 Å². The highest BCUT2D eigenvalue weighted by Crippen LogP contribution is 2.29. The van der Waals surface area contributed by atoms with Crippen molar-refractivity contribution >= 4 is 28.6 Å². The first kappa shape index (κ1) is 22.5. The Labute approximate surface area is 209 Å². The highest BCUT2D eigenvalue weighted by molar-refractivity contribution is 5.95. The van der Waals surface area contributed by atoms with Gasteiger partial charge in [-0.1, -0.05) is 66.7 Å². The van der Waals surface area contributed by atoms with Crippen molar-refractivity contribution in [3.63, 3.8) is 0 Å². The van der Waals surface area contributed by atoms with Crippen LogP contribution in [0, 0.1) is 0 Å². The first-order chi connectivity index (χ1) is 17.7. The standard InChI is InChI=1S/C29H29N5O2/c35-26-18-30-27(21-6-2-1-3-7-21)28(32-26)22-12-10-20(11-13-22)19-33-16-14-23(15-17-33)34-25-9-5-4-8-24(25)31-29(34)36/h1-13,18,23,26,32,35H,14-17,19H2,(H,31,36). The fourth-order valence-corrected chi connectivity index (χ4v) is 5.31. The number of aliphatic hydroxyl groups is 1. The number of rotatable bonds is 5. The van der Waals surface area contributed by atoms with E-state index in [-0.39, 0.29) is 11.7 Å². The smallest absolute Gasteiger partial charge is 0.326 e. The van der Waals surface area contributed by atoms with Crippen LogP contribution < -0.4 is 11.0 Å². The van der Waals surface area contributed by atoms with Gasteiger partial charge in [0.15, 0.2) is 6.23 Å². The number of nitrogens with zero attached hydrogens (tertiary/aromatic N) is 3. The molecule has 1 aromatic heterocycles. The zero-order valence-electron chi connectivity index (χ0n) is 20.0. The maximum absolute atomic E-state index is 12.6. The maximum atomic E-state index is 12.6. The van der Waals surface area contributed by atoms with Gasteiger partial charge in [-0.3, -0.25) is 14.5 Å². The van der Waals surface area contributed by atoms with Gasteiger partial charge in [0.1, 0.15) is 0 Å². The van der Waals surface area contributed by atoms with E-state index in [1.54, 1.807) is 0 Å². The monoisotopic (exact) mass is 479 g/mol. The molecular weight excluding hydrogens is 450 g/mol. The molecule has 3 aromatic carbocycles. The molecule has 1 saturated heterocycles. The number of nitrogens with one attached hydrogen (secondary N) is 2. The predicted octanol–water partition coefficient (Wildman–Crippen LogP) is 3.98. The van der Waals surface area contributed by atoms with Crippen LogP contribution in [-0.2, 0) is 6.54 Å². The number of aliphatic imine (C=N–C) groups is 1. The molecular formula is C29H29N5O2. The van der Waals surface area contributed by atoms with E-state index in [1.807, 2.05) is 59.2 Å². The van der Waals surface area contributed by atoms with Gasteiger partial charge in [-0.2, -0.15) is 0 Å². The molecule has 7 nitrogen and oxygen atoms in total. The van der Waals surface area contributed by atoms with E-state index >= 15 is 0 Å². The summed E-state index contributed by atoms with van der Waals surface area (Å²) in [6.07, 6.45) is 2.62. The summed E-state index contributed by atoms with van der Waals surface area (Å²) in [7, 11) is 0. The van der Waals surface area contributed by atoms with Gasteiger partial charge in [-0.15, -0.1) is 0 Å². The van der Waals surface area contributed by atoms with E-state index in [9.17, 15) is 9.90 Å². The predicted molar refractivity (Wildman–Crippen MR) is 143 cm³/mol. The molecule has 3 heterocycles. The molecule has 182 valence electrons. The molecule has 2 aliphatic heterocycles. The van der Waals surface area contributed by atoms with E-state index in [4.69, 9.17) is 0 Å². The molecule has 3 N–H and O–H groups in total. The Balaban J connectivity index is 1.15. The van der Waals surface area contributed by atoms with Crippen molar-refractivity contribution in [1.29, 1.82) is 0 Å². The normalized spacial score (nSPS) is 19.1. The minimum absolute atomic E-state index is 0.0137. The van der Waals surface area contributed by atoms with Crippen molar-refractivity contribution in [1.82, 2.24) is 19.8 Å². The molecule has 0 radical (unpaired) electrons. The molecule has 0 saturated carbocycles. The van der Waals surface area contributed by atoms with Crippen molar-refractivity contribution < 1.29 is 5.11 Å². The Kier molecular flexibility index (Phi) is 6.01. The van der Waals surface area contributed by atoms with Crippen LogP contribution in [0.1, 0.15) is 35.6 Å². The van der Waals surface area contributed by atoms with E-state index < -0.39 is 6.23 Å². The van der Waals surface area contributed by atoms with Gasteiger partial charge in [0, 0.05) is 31.2 Å². The molecule has 2 aliphatic rings. The van der Waals surface area contributed by atoms with Gasteiger partial charge in [-0.05, 0) is 36.1 Å². The summed E-state index contributed by atoms with van der Waals surface area (Å²) in [5, 5.41) is 13.3. The minimum Gasteiger partial charge on any atom is -0.369 e. The number of hydrogen-bond donors (Lipinski definition) is 3. The number of para-hydroxylation sites is 2. The maximum Gasteiger partial charge on any atom is 0.326 e. The number of piperidine rings is 1. The third-order valence-electron chi connectivity index (χ3n) is 7.12. The number of fused-ring (bicyclic) bond motifs is 1. The first-order valence-corrected chi connectivity index (χ1v) is 12.4. The largest absolute Gasteiger partial charge is 0.369 e. The van der Waals surface area contributed by atoms with Crippen LogP contribution >= 0.6 is 0 Å². The second-order valence-corrected chi connectivity index (χ2v) is 9.48. The van der Waals surface area contributed by atoms with Crippen LogP contribution in [0.25, 0.3) is 22.4 Å². The summed E-state index contributed by atoms with van der Waals surface area (Å²) in [5.41, 5.74) is 6.77. The Morgan fingerprint density at radius 2 is 1.61 bits per heavy atom. The third-order valence-corrected chi connectivity index (χ3v) is 7.12. The number of H-pyrrole nitrogens is 1. The Hall–Kier alpha value is -3.94. The van der Waals surface area contributed by atoms with E-state index in [2.05, 4.69) is 44.5 Å². The van der Waals surface area contributed by atoms with Crippen LogP contribution in [0.5, 0.6) is 0 Å². The van der Waals surface area contributed by atoms with Gasteiger partial charge in [0.25, 0.3) is 0 Å². The fraction of sp³-hybridized carbons (Fsp3) is 0.241. The van der Waals surface area contributed by atoms with E-state index in [1.165, 1.54) is 11.8 Å². The third kappa shape index (κ3) is 4.39. The average Bonchev–Trinajstić information content (AvgIpc) is 3.26. The number of hydrogen-bond acceptors (Lipinski definition) is 5. The van der Waals surface area contributed by atoms with Crippen LogP contribution in [-0.4, -0.2) is 45.1 Å². The highest BCUT2D eigenvalue weighted by atomic mass is 16.3. The Morgan fingerprint density at radius 1 is 0.889 bits per heavy atom. The number of benzene rings is 3. The second-order valence-electron chi connectivity index (χ2n) is 9.48. The van der Waals surface area contributed by atoms with Crippen LogP contribution in [0.15, 0.2) is 88.6 Å². The molecule has 1 fully saturated rings. The number of aliphatic hydroxyl groups excluding tert-OH is 1. The van der Waals surface area contributed by atoms with Gasteiger partial charge in [-0.25, -0.2) is 4.79 Å². The van der Waals surface area contributed by atoms with Crippen LogP contribution in [0.2, 0.25) is 0 Å². The number of aromatic nitrogens is 2. The fourth-order valence-electron chi connectivity index (χ4n) is 5.31. The first-order valence-electron chi connectivity index (χ1n) is 12.4. The van der Waals surface area contributed by atoms with E-state index in [0.29, 0.717) is 0 Å². The lowest BCUT2D eigenvalue weighted by Gasteiger charge is -2.32. The van der Waals surface area contributed by atoms with E-state index in [0.717, 1.165) is 66.0 Å². The second kappa shape index (κ2) is 9.60. The molecule has 36 heavy (non-hydrogen) atoms. The molecule has 7 heteroatoms. The number of likely N-dealkylation sites (tertiary alicyclic amines) is 1. The Morgan fingerprint density at radius 3 is 2.39 bits per heavy atom. The molecule has 0 spiro atoms.